The van der Waals surface area contributed by atoms with Crippen molar-refractivity contribution in [1.29, 1.82) is 0 Å². The number of methoxy groups -OCH3 is 1. The van der Waals surface area contributed by atoms with Crippen LogP contribution in [0, 0.1) is 18.3 Å². The number of hydrogen-bond donors (Lipinski definition) is 0. The Morgan fingerprint density at radius 1 is 1.29 bits per heavy atom. The van der Waals surface area contributed by atoms with Gasteiger partial charge < -0.3 is 4.74 Å². The maximum Gasteiger partial charge on any atom is 0.122 e. The first kappa shape index (κ1) is 11.1. The summed E-state index contributed by atoms with van der Waals surface area (Å²) in [6.45, 7) is 7.08. The van der Waals surface area contributed by atoms with Crippen LogP contribution in [0.2, 0.25) is 0 Å². The lowest BCUT2D eigenvalue weighted by Crippen LogP contribution is -2.29. The van der Waals surface area contributed by atoms with Crippen LogP contribution >= 0.6 is 0 Å². The maximum atomic E-state index is 5.59. The second-order valence-electron chi connectivity index (χ2n) is 6.39. The lowest BCUT2D eigenvalue weighted by atomic mass is 9.70. The largest absolute Gasteiger partial charge is 0.496 e. The Kier molecular flexibility index (Phi) is 2.14. The summed E-state index contributed by atoms with van der Waals surface area (Å²) in [7, 11) is 1.79. The topological polar surface area (TPSA) is 9.23 Å². The van der Waals surface area contributed by atoms with E-state index in [-0.39, 0.29) is 0 Å². The number of hydrogen-bond acceptors (Lipinski definition) is 1. The summed E-state index contributed by atoms with van der Waals surface area (Å²) < 4.78 is 5.59. The first-order chi connectivity index (χ1) is 8.01. The van der Waals surface area contributed by atoms with Crippen molar-refractivity contribution in [2.24, 2.45) is 11.3 Å². The number of benzene rings is 1. The lowest BCUT2D eigenvalue weighted by molar-refractivity contribution is 0.295. The standard InChI is InChI=1S/C16H22O/c1-11-5-6-14(17-4)13(9-11)15(2)8-7-12-10-16(12,15)3/h5-6,9,12H,7-8,10H2,1-4H3/t12?,15-,16?/m1/s1. The van der Waals surface area contributed by atoms with Gasteiger partial charge in [0.25, 0.3) is 0 Å². The third-order valence-electron chi connectivity index (χ3n) is 5.61. The zero-order chi connectivity index (χ0) is 12.3. The molecule has 2 aliphatic carbocycles. The van der Waals surface area contributed by atoms with Crippen molar-refractivity contribution in [2.75, 3.05) is 7.11 Å². The lowest BCUT2D eigenvalue weighted by Gasteiger charge is -2.35. The molecule has 2 aliphatic rings. The quantitative estimate of drug-likeness (QED) is 0.744. The molecule has 1 heteroatoms. The molecule has 0 N–H and O–H groups in total. The summed E-state index contributed by atoms with van der Waals surface area (Å²) in [4.78, 5) is 0. The predicted molar refractivity (Wildman–Crippen MR) is 70.5 cm³/mol. The average molecular weight is 230 g/mol. The molecule has 0 bridgehead atoms. The van der Waals surface area contributed by atoms with E-state index in [2.05, 4.69) is 39.0 Å². The molecular formula is C16H22O. The van der Waals surface area contributed by atoms with Crippen LogP contribution in [-0.4, -0.2) is 7.11 Å². The van der Waals surface area contributed by atoms with Crippen LogP contribution in [0.3, 0.4) is 0 Å². The molecule has 2 saturated carbocycles. The zero-order valence-corrected chi connectivity index (χ0v) is 11.3. The summed E-state index contributed by atoms with van der Waals surface area (Å²) in [6.07, 6.45) is 4.11. The van der Waals surface area contributed by atoms with Crippen LogP contribution in [0.1, 0.15) is 44.2 Å². The number of rotatable bonds is 2. The molecule has 2 fully saturated rings. The molecule has 0 radical (unpaired) electrons. The maximum absolute atomic E-state index is 5.59. The van der Waals surface area contributed by atoms with Gasteiger partial charge >= 0.3 is 0 Å². The van der Waals surface area contributed by atoms with Gasteiger partial charge in [-0.2, -0.15) is 0 Å². The Morgan fingerprint density at radius 3 is 2.59 bits per heavy atom. The van der Waals surface area contributed by atoms with E-state index in [1.165, 1.54) is 30.4 Å². The van der Waals surface area contributed by atoms with Gasteiger partial charge in [0.15, 0.2) is 0 Å². The fraction of sp³-hybridized carbons (Fsp3) is 0.625. The van der Waals surface area contributed by atoms with Gasteiger partial charge in [0.1, 0.15) is 5.75 Å². The Hall–Kier alpha value is -0.980. The highest BCUT2D eigenvalue weighted by atomic mass is 16.5. The molecule has 0 aliphatic heterocycles. The van der Waals surface area contributed by atoms with E-state index in [1.807, 2.05) is 0 Å². The van der Waals surface area contributed by atoms with Crippen molar-refractivity contribution < 1.29 is 4.74 Å². The van der Waals surface area contributed by atoms with Gasteiger partial charge in [-0.1, -0.05) is 31.5 Å². The summed E-state index contributed by atoms with van der Waals surface area (Å²) in [6, 6.07) is 6.62. The molecule has 17 heavy (non-hydrogen) atoms. The van der Waals surface area contributed by atoms with Crippen LogP contribution in [0.15, 0.2) is 18.2 Å². The summed E-state index contributed by atoms with van der Waals surface area (Å²) >= 11 is 0. The number of fused-ring (bicyclic) bond motifs is 1. The SMILES string of the molecule is COc1ccc(C)cc1[C@@]1(C)CCC2CC21C. The third kappa shape index (κ3) is 1.31. The molecule has 0 spiro atoms. The minimum Gasteiger partial charge on any atom is -0.496 e. The molecule has 0 saturated heterocycles. The Labute approximate surface area is 104 Å². The molecule has 1 aromatic carbocycles. The third-order valence-corrected chi connectivity index (χ3v) is 5.61. The molecule has 3 rings (SSSR count). The fourth-order valence-electron chi connectivity index (χ4n) is 3.99. The van der Waals surface area contributed by atoms with E-state index in [4.69, 9.17) is 4.74 Å². The Balaban J connectivity index is 2.12. The normalized spacial score (nSPS) is 38.9. The van der Waals surface area contributed by atoms with Gasteiger partial charge in [0.2, 0.25) is 0 Å². The Bertz CT molecular complexity index is 463. The van der Waals surface area contributed by atoms with E-state index in [0.717, 1.165) is 11.7 Å². The van der Waals surface area contributed by atoms with E-state index < -0.39 is 0 Å². The van der Waals surface area contributed by atoms with Crippen LogP contribution in [0.5, 0.6) is 5.75 Å². The summed E-state index contributed by atoms with van der Waals surface area (Å²) in [5.74, 6) is 2.03. The van der Waals surface area contributed by atoms with Crippen molar-refractivity contribution in [2.45, 2.75) is 45.4 Å². The highest BCUT2D eigenvalue weighted by Gasteiger charge is 2.66. The second kappa shape index (κ2) is 3.28. The monoisotopic (exact) mass is 230 g/mol. The molecule has 92 valence electrons. The predicted octanol–water partition coefficient (Wildman–Crippen LogP) is 4.08. The van der Waals surface area contributed by atoms with Crippen molar-refractivity contribution in [3.05, 3.63) is 29.3 Å². The molecule has 0 aromatic heterocycles. The second-order valence-corrected chi connectivity index (χ2v) is 6.39. The van der Waals surface area contributed by atoms with Gasteiger partial charge in [-0.3, -0.25) is 0 Å². The smallest absolute Gasteiger partial charge is 0.122 e. The van der Waals surface area contributed by atoms with Crippen molar-refractivity contribution in [3.63, 3.8) is 0 Å². The molecule has 1 aromatic rings. The van der Waals surface area contributed by atoms with Crippen molar-refractivity contribution >= 4 is 0 Å². The molecular weight excluding hydrogens is 208 g/mol. The highest BCUT2D eigenvalue weighted by Crippen LogP contribution is 2.72. The zero-order valence-electron chi connectivity index (χ0n) is 11.3. The minimum atomic E-state index is 0.315. The Morgan fingerprint density at radius 2 is 2.06 bits per heavy atom. The van der Waals surface area contributed by atoms with Crippen LogP contribution < -0.4 is 4.74 Å². The van der Waals surface area contributed by atoms with Gasteiger partial charge in [0, 0.05) is 11.0 Å². The van der Waals surface area contributed by atoms with Crippen LogP contribution in [-0.2, 0) is 5.41 Å². The van der Waals surface area contributed by atoms with Crippen molar-refractivity contribution in [3.8, 4) is 5.75 Å². The van der Waals surface area contributed by atoms with Crippen LogP contribution in [0.25, 0.3) is 0 Å². The molecule has 1 nitrogen and oxygen atoms in total. The van der Waals surface area contributed by atoms with E-state index in [0.29, 0.717) is 10.8 Å². The van der Waals surface area contributed by atoms with Crippen LogP contribution in [0.4, 0.5) is 0 Å². The van der Waals surface area contributed by atoms with Gasteiger partial charge in [-0.25, -0.2) is 0 Å². The highest BCUT2D eigenvalue weighted by molar-refractivity contribution is 5.46. The first-order valence-corrected chi connectivity index (χ1v) is 6.66. The molecule has 0 amide bonds. The molecule has 3 atom stereocenters. The van der Waals surface area contributed by atoms with Gasteiger partial charge in [-0.05, 0) is 43.6 Å². The summed E-state index contributed by atoms with van der Waals surface area (Å²) in [5.41, 5.74) is 3.61. The average Bonchev–Trinajstić information content (AvgIpc) is 2.92. The van der Waals surface area contributed by atoms with E-state index in [9.17, 15) is 0 Å². The fourth-order valence-corrected chi connectivity index (χ4v) is 3.99. The number of aryl methyl sites for hydroxylation is 1. The van der Waals surface area contributed by atoms with E-state index in [1.54, 1.807) is 7.11 Å². The minimum absolute atomic E-state index is 0.315. The van der Waals surface area contributed by atoms with Gasteiger partial charge in [-0.15, -0.1) is 0 Å². The first-order valence-electron chi connectivity index (χ1n) is 6.66. The molecule has 2 unspecified atom stereocenters. The van der Waals surface area contributed by atoms with Gasteiger partial charge in [0.05, 0.1) is 7.11 Å². The summed E-state index contributed by atoms with van der Waals surface area (Å²) in [5, 5.41) is 0. The molecule has 0 heterocycles. The number of ether oxygens (including phenoxy) is 1. The van der Waals surface area contributed by atoms with E-state index >= 15 is 0 Å². The van der Waals surface area contributed by atoms with Crippen molar-refractivity contribution in [1.82, 2.24) is 0 Å².